The molecule has 8 heteroatoms. The molecule has 42 heavy (non-hydrogen) atoms. The van der Waals surface area contributed by atoms with E-state index in [2.05, 4.69) is 87.6 Å². The van der Waals surface area contributed by atoms with Crippen LogP contribution in [-0.2, 0) is 20.4 Å². The monoisotopic (exact) mass is 764 g/mol. The first-order chi connectivity index (χ1) is 19.2. The van der Waals surface area contributed by atoms with Crippen LogP contribution in [0.1, 0.15) is 43.4 Å². The molecular weight excluding hydrogens is 740 g/mol. The Kier molecular flexibility index (Phi) is 11.1. The number of benzene rings is 4. The van der Waals surface area contributed by atoms with Crippen molar-refractivity contribution in [3.05, 3.63) is 126 Å². The Morgan fingerprint density at radius 2 is 0.976 bits per heavy atom. The fourth-order valence-electron chi connectivity index (χ4n) is 6.56. The van der Waals surface area contributed by atoms with Crippen LogP contribution in [0.4, 0.5) is 0 Å². The van der Waals surface area contributed by atoms with Gasteiger partial charge in [0, 0.05) is 0 Å². The number of hydrogen-bond donors (Lipinski definition) is 0. The van der Waals surface area contributed by atoms with E-state index in [1.807, 2.05) is 24.3 Å². The zero-order valence-corrected chi connectivity index (χ0v) is 31.5. The van der Waals surface area contributed by atoms with Crippen LogP contribution in [0.25, 0.3) is 34.4 Å². The minimum atomic E-state index is -2.20. The van der Waals surface area contributed by atoms with Crippen LogP contribution in [0.3, 0.4) is 0 Å². The summed E-state index contributed by atoms with van der Waals surface area (Å²) in [6.07, 6.45) is 4.87. The van der Waals surface area contributed by atoms with Crippen LogP contribution in [0.15, 0.2) is 83.9 Å². The molecule has 0 N–H and O–H groups in total. The van der Waals surface area contributed by atoms with Gasteiger partial charge >= 0.3 is 267 Å². The zero-order valence-electron chi connectivity index (χ0n) is 23.5. The maximum atomic E-state index is 6.70. The van der Waals surface area contributed by atoms with Gasteiger partial charge in [-0.15, -0.1) is 0 Å². The van der Waals surface area contributed by atoms with Crippen LogP contribution < -0.4 is 24.8 Å². The summed E-state index contributed by atoms with van der Waals surface area (Å²) in [4.78, 5) is 0. The zero-order chi connectivity index (χ0) is 28.3. The molecule has 2 aliphatic carbocycles. The topological polar surface area (TPSA) is 0 Å². The summed E-state index contributed by atoms with van der Waals surface area (Å²) in [5, 5.41) is 2.71. The van der Waals surface area contributed by atoms with Crippen LogP contribution in [0, 0.1) is 0 Å². The van der Waals surface area contributed by atoms with Gasteiger partial charge in [-0.1, -0.05) is 0 Å². The minimum Gasteiger partial charge on any atom is -1.00 e. The normalized spacial score (nSPS) is 16.3. The van der Waals surface area contributed by atoms with Gasteiger partial charge in [0.15, 0.2) is 0 Å². The van der Waals surface area contributed by atoms with Gasteiger partial charge in [0.2, 0.25) is 0 Å². The van der Waals surface area contributed by atoms with E-state index >= 15 is 0 Å². The molecule has 0 heterocycles. The molecule has 214 valence electrons. The first-order valence-corrected chi connectivity index (χ1v) is 23.9. The maximum absolute atomic E-state index is 6.70. The van der Waals surface area contributed by atoms with Crippen LogP contribution in [-0.4, -0.2) is 5.43 Å². The smallest absolute Gasteiger partial charge is 1.00 e. The van der Waals surface area contributed by atoms with E-state index in [1.165, 1.54) is 44.5 Å². The van der Waals surface area contributed by atoms with Crippen molar-refractivity contribution in [3.63, 3.8) is 0 Å². The fourth-order valence-corrected chi connectivity index (χ4v) is 28.3. The molecule has 0 nitrogen and oxygen atoms in total. The average molecular weight is 769 g/mol. The predicted octanol–water partition coefficient (Wildman–Crippen LogP) is 6.13. The van der Waals surface area contributed by atoms with E-state index < -0.39 is 25.8 Å². The van der Waals surface area contributed by atoms with Gasteiger partial charge in [0.1, 0.15) is 0 Å². The first-order valence-electron chi connectivity index (χ1n) is 13.4. The van der Waals surface area contributed by atoms with Crippen molar-refractivity contribution in [2.24, 2.45) is 0 Å². The Morgan fingerprint density at radius 1 is 0.571 bits per heavy atom. The van der Waals surface area contributed by atoms with Crippen molar-refractivity contribution >= 4 is 64.0 Å². The first kappa shape index (κ1) is 34.1. The molecule has 4 aromatic rings. The van der Waals surface area contributed by atoms with E-state index in [1.54, 1.807) is 0 Å². The maximum Gasteiger partial charge on any atom is -1.00 e. The molecule has 0 saturated carbocycles. The van der Waals surface area contributed by atoms with Gasteiger partial charge in [-0.05, 0) is 0 Å². The summed E-state index contributed by atoms with van der Waals surface area (Å²) in [5.41, 5.74) is 12.6. The van der Waals surface area contributed by atoms with Gasteiger partial charge in [0.05, 0.1) is 0 Å². The molecule has 0 aromatic heterocycles. The third kappa shape index (κ3) is 6.05. The number of fused-ring (bicyclic) bond motifs is 2. The van der Waals surface area contributed by atoms with E-state index in [9.17, 15) is 0 Å². The molecule has 0 saturated heterocycles. The number of hydrogen-bond acceptors (Lipinski definition) is 0. The third-order valence-corrected chi connectivity index (χ3v) is 29.2. The quantitative estimate of drug-likeness (QED) is 0.220. The van der Waals surface area contributed by atoms with Crippen molar-refractivity contribution < 1.29 is 45.2 Å². The third-order valence-electron chi connectivity index (χ3n) is 8.20. The molecule has 0 fully saturated rings. The molecule has 0 spiro atoms. The summed E-state index contributed by atoms with van der Waals surface area (Å²) in [5.74, 6) is 0. The second kappa shape index (κ2) is 13.7. The molecule has 2 unspecified atom stereocenters. The second-order valence-corrected chi connectivity index (χ2v) is 30.5. The van der Waals surface area contributed by atoms with Gasteiger partial charge in [0.25, 0.3) is 0 Å². The summed E-state index contributed by atoms with van der Waals surface area (Å²) < 4.78 is 1.07. The van der Waals surface area contributed by atoms with Gasteiger partial charge in [-0.2, -0.15) is 0 Å². The number of rotatable bonds is 4. The Hall–Kier alpha value is -0.800. The molecule has 0 bridgehead atoms. The molecule has 4 aromatic carbocycles. The van der Waals surface area contributed by atoms with Crippen molar-refractivity contribution in [2.45, 2.75) is 34.2 Å². The van der Waals surface area contributed by atoms with Crippen LogP contribution in [0.2, 0.25) is 33.2 Å². The van der Waals surface area contributed by atoms with Gasteiger partial charge in [-0.25, -0.2) is 0 Å². The SMILES string of the molecule is CC1=Cc2c(-c3ccc(Cl)cc3Cl)cccc2[CH]1[Zr+2]([CH]1C(C)=Cc2c(-c3ccc(Cl)cc3Cl)cccc21)=[Si](C)C.[Cl-].[Cl-]. The molecule has 0 amide bonds. The summed E-state index contributed by atoms with van der Waals surface area (Å²) in [6.45, 7) is 9.80. The Labute approximate surface area is 289 Å². The fraction of sp³-hybridized carbons (Fsp3) is 0.176. The molecule has 2 atom stereocenters. The van der Waals surface area contributed by atoms with E-state index in [0.717, 1.165) is 11.1 Å². The Bertz CT molecular complexity index is 1680. The standard InChI is InChI=1S/2C16H11Cl2.C2H6Si.2ClH.Zr/c2*1-10-7-11-3-2-4-13(15(11)8-10)14-6-5-12(17)9-16(14)18;1-3-2;;;/h2*2-9H,1H3;1-2H3;2*1H;/q;;;;;+2/p-2. The summed E-state index contributed by atoms with van der Waals surface area (Å²) in [7, 11) is 0. The molecule has 6 rings (SSSR count). The van der Waals surface area contributed by atoms with Crippen LogP contribution >= 0.6 is 46.4 Å². The average Bonchev–Trinajstić information content (AvgIpc) is 3.41. The van der Waals surface area contributed by atoms with E-state index in [0.29, 0.717) is 27.3 Å². The minimum absolute atomic E-state index is 0. The summed E-state index contributed by atoms with van der Waals surface area (Å²) >= 11 is 23.7. The Morgan fingerprint density at radius 3 is 1.33 bits per heavy atom. The predicted molar refractivity (Wildman–Crippen MR) is 174 cm³/mol. The summed E-state index contributed by atoms with van der Waals surface area (Å²) in [6, 6.07) is 25.2. The van der Waals surface area contributed by atoms with E-state index in [4.69, 9.17) is 46.4 Å². The van der Waals surface area contributed by atoms with E-state index in [-0.39, 0.29) is 24.8 Å². The molecule has 0 aliphatic heterocycles. The van der Waals surface area contributed by atoms with Crippen molar-refractivity contribution in [2.75, 3.05) is 0 Å². The van der Waals surface area contributed by atoms with Crippen molar-refractivity contribution in [1.29, 1.82) is 0 Å². The number of allylic oxidation sites excluding steroid dienone is 2. The van der Waals surface area contributed by atoms with Crippen molar-refractivity contribution in [1.82, 2.24) is 0 Å². The van der Waals surface area contributed by atoms with Gasteiger partial charge in [-0.3, -0.25) is 0 Å². The largest absolute Gasteiger partial charge is 1.00 e. The second-order valence-electron chi connectivity index (χ2n) is 11.0. The molecular formula is C34H28Cl6SiZr. The number of halogens is 6. The Balaban J connectivity index is 0.00000202. The van der Waals surface area contributed by atoms with Crippen molar-refractivity contribution in [3.8, 4) is 22.3 Å². The molecule has 0 radical (unpaired) electrons. The van der Waals surface area contributed by atoms with Crippen LogP contribution in [0.5, 0.6) is 0 Å². The van der Waals surface area contributed by atoms with Gasteiger partial charge < -0.3 is 24.8 Å². The molecule has 2 aliphatic rings.